The first-order chi connectivity index (χ1) is 6.24. The third-order valence-electron chi connectivity index (χ3n) is 2.17. The fraction of sp³-hybridized carbons (Fsp3) is 0.364. The summed E-state index contributed by atoms with van der Waals surface area (Å²) in [4.78, 5) is 10.8. The van der Waals surface area contributed by atoms with Gasteiger partial charge in [0, 0.05) is 6.42 Å². The van der Waals surface area contributed by atoms with E-state index in [1.807, 2.05) is 30.3 Å². The maximum absolute atomic E-state index is 10.8. The molecule has 0 aromatic heterocycles. The van der Waals surface area contributed by atoms with Crippen LogP contribution in [0.3, 0.4) is 0 Å². The Balaban J connectivity index is 2.73. The van der Waals surface area contributed by atoms with Crippen LogP contribution >= 0.6 is 11.6 Å². The van der Waals surface area contributed by atoms with Gasteiger partial charge in [0.25, 0.3) is 0 Å². The van der Waals surface area contributed by atoms with Crippen molar-refractivity contribution in [1.82, 2.24) is 0 Å². The van der Waals surface area contributed by atoms with Gasteiger partial charge in [-0.05, 0) is 29.5 Å². The Morgan fingerprint density at radius 2 is 2.00 bits per heavy atom. The van der Waals surface area contributed by atoms with E-state index in [2.05, 4.69) is 6.92 Å². The maximum Gasteiger partial charge on any atom is 0.222 e. The van der Waals surface area contributed by atoms with Crippen LogP contribution in [0.1, 0.15) is 31.2 Å². The van der Waals surface area contributed by atoms with Crippen LogP contribution in [0.15, 0.2) is 30.3 Å². The zero-order valence-corrected chi connectivity index (χ0v) is 8.42. The molecule has 1 atom stereocenters. The van der Waals surface area contributed by atoms with E-state index in [1.54, 1.807) is 0 Å². The Labute approximate surface area is 83.7 Å². The topological polar surface area (TPSA) is 17.1 Å². The van der Waals surface area contributed by atoms with Crippen molar-refractivity contribution in [1.29, 1.82) is 0 Å². The predicted octanol–water partition coefficient (Wildman–Crippen LogP) is 3.34. The zero-order valence-electron chi connectivity index (χ0n) is 7.66. The molecule has 0 aliphatic heterocycles. The molecule has 13 heavy (non-hydrogen) atoms. The Kier molecular flexibility index (Phi) is 3.97. The van der Waals surface area contributed by atoms with E-state index in [1.165, 1.54) is 5.56 Å². The highest BCUT2D eigenvalue weighted by atomic mass is 35.5. The van der Waals surface area contributed by atoms with Gasteiger partial charge in [0.05, 0.1) is 0 Å². The lowest BCUT2D eigenvalue weighted by Gasteiger charge is -2.11. The highest BCUT2D eigenvalue weighted by molar-refractivity contribution is 6.63. The standard InChI is InChI=1S/C11H13ClO/c1-2-9(8-11(12)13)10-6-4-3-5-7-10/h3-7,9H,2,8H2,1H3/t9-/m1/s1. The summed E-state index contributed by atoms with van der Waals surface area (Å²) in [6.07, 6.45) is 1.38. The van der Waals surface area contributed by atoms with Crippen molar-refractivity contribution in [3.05, 3.63) is 35.9 Å². The Morgan fingerprint density at radius 1 is 1.38 bits per heavy atom. The highest BCUT2D eigenvalue weighted by Gasteiger charge is 2.11. The lowest BCUT2D eigenvalue weighted by atomic mass is 9.94. The largest absolute Gasteiger partial charge is 0.281 e. The third-order valence-corrected chi connectivity index (χ3v) is 2.32. The van der Waals surface area contributed by atoms with Crippen molar-refractivity contribution >= 4 is 16.8 Å². The van der Waals surface area contributed by atoms with Gasteiger partial charge in [-0.1, -0.05) is 37.3 Å². The molecule has 0 saturated heterocycles. The van der Waals surface area contributed by atoms with Crippen LogP contribution in [-0.2, 0) is 4.79 Å². The molecule has 0 heterocycles. The summed E-state index contributed by atoms with van der Waals surface area (Å²) >= 11 is 5.36. The lowest BCUT2D eigenvalue weighted by molar-refractivity contribution is -0.112. The fourth-order valence-corrected chi connectivity index (χ4v) is 1.60. The van der Waals surface area contributed by atoms with Crippen molar-refractivity contribution in [2.24, 2.45) is 0 Å². The second kappa shape index (κ2) is 5.03. The van der Waals surface area contributed by atoms with Crippen molar-refractivity contribution in [3.63, 3.8) is 0 Å². The van der Waals surface area contributed by atoms with E-state index >= 15 is 0 Å². The second-order valence-corrected chi connectivity index (χ2v) is 3.50. The molecule has 0 saturated carbocycles. The van der Waals surface area contributed by atoms with Crippen LogP contribution < -0.4 is 0 Å². The summed E-state index contributed by atoms with van der Waals surface area (Å²) in [6.45, 7) is 2.07. The molecule has 1 nitrogen and oxygen atoms in total. The average molecular weight is 197 g/mol. The van der Waals surface area contributed by atoms with Gasteiger partial charge in [0.2, 0.25) is 5.24 Å². The van der Waals surface area contributed by atoms with Crippen LogP contribution in [-0.4, -0.2) is 5.24 Å². The molecule has 1 aromatic carbocycles. The van der Waals surface area contributed by atoms with Crippen molar-refractivity contribution in [3.8, 4) is 0 Å². The van der Waals surface area contributed by atoms with E-state index in [0.717, 1.165) is 6.42 Å². The molecular formula is C11H13ClO. The molecule has 0 spiro atoms. The maximum atomic E-state index is 10.8. The van der Waals surface area contributed by atoms with Gasteiger partial charge in [-0.2, -0.15) is 0 Å². The van der Waals surface area contributed by atoms with E-state index in [9.17, 15) is 4.79 Å². The van der Waals surface area contributed by atoms with Gasteiger partial charge in [-0.3, -0.25) is 4.79 Å². The lowest BCUT2D eigenvalue weighted by Crippen LogP contribution is -2.01. The Bertz CT molecular complexity index is 269. The first-order valence-electron chi connectivity index (χ1n) is 4.47. The summed E-state index contributed by atoms with van der Waals surface area (Å²) in [7, 11) is 0. The summed E-state index contributed by atoms with van der Waals surface area (Å²) < 4.78 is 0. The normalized spacial score (nSPS) is 12.5. The molecule has 70 valence electrons. The minimum absolute atomic E-state index is 0.254. The van der Waals surface area contributed by atoms with Crippen LogP contribution in [0.4, 0.5) is 0 Å². The van der Waals surface area contributed by atoms with Crippen LogP contribution in [0.25, 0.3) is 0 Å². The molecule has 0 N–H and O–H groups in total. The van der Waals surface area contributed by atoms with E-state index in [-0.39, 0.29) is 11.2 Å². The number of carbonyl (C=O) groups is 1. The third kappa shape index (κ3) is 3.19. The number of halogens is 1. The SMILES string of the molecule is CC[C@H](CC(=O)Cl)c1ccccc1. The van der Waals surface area contributed by atoms with E-state index in [4.69, 9.17) is 11.6 Å². The summed E-state index contributed by atoms with van der Waals surface area (Å²) in [5, 5.41) is -0.254. The van der Waals surface area contributed by atoms with Crippen LogP contribution in [0, 0.1) is 0 Å². The van der Waals surface area contributed by atoms with Gasteiger partial charge in [-0.25, -0.2) is 0 Å². The van der Waals surface area contributed by atoms with Gasteiger partial charge in [0.1, 0.15) is 0 Å². The second-order valence-electron chi connectivity index (χ2n) is 3.08. The van der Waals surface area contributed by atoms with Gasteiger partial charge >= 0.3 is 0 Å². The van der Waals surface area contributed by atoms with Crippen molar-refractivity contribution in [2.75, 3.05) is 0 Å². The monoisotopic (exact) mass is 196 g/mol. The molecule has 0 bridgehead atoms. The molecule has 0 unspecified atom stereocenters. The molecular weight excluding hydrogens is 184 g/mol. The molecule has 1 aromatic rings. The van der Waals surface area contributed by atoms with E-state index < -0.39 is 0 Å². The molecule has 0 fully saturated rings. The highest BCUT2D eigenvalue weighted by Crippen LogP contribution is 2.23. The molecule has 2 heteroatoms. The van der Waals surface area contributed by atoms with Gasteiger partial charge in [0.15, 0.2) is 0 Å². The quantitative estimate of drug-likeness (QED) is 0.676. The molecule has 0 amide bonds. The van der Waals surface area contributed by atoms with Crippen LogP contribution in [0.2, 0.25) is 0 Å². The van der Waals surface area contributed by atoms with Gasteiger partial charge < -0.3 is 0 Å². The predicted molar refractivity (Wildman–Crippen MR) is 55.0 cm³/mol. The molecule has 0 aliphatic carbocycles. The molecule has 0 radical (unpaired) electrons. The molecule has 1 rings (SSSR count). The van der Waals surface area contributed by atoms with Gasteiger partial charge in [-0.15, -0.1) is 0 Å². The number of hydrogen-bond acceptors (Lipinski definition) is 1. The first-order valence-corrected chi connectivity index (χ1v) is 4.85. The Hall–Kier alpha value is -0.820. The number of hydrogen-bond donors (Lipinski definition) is 0. The zero-order chi connectivity index (χ0) is 9.68. The summed E-state index contributed by atoms with van der Waals surface area (Å²) in [5.74, 6) is 0.270. The number of rotatable bonds is 4. The average Bonchev–Trinajstić information content (AvgIpc) is 2.15. The first kappa shape index (κ1) is 10.3. The van der Waals surface area contributed by atoms with Crippen molar-refractivity contribution < 1.29 is 4.79 Å². The summed E-state index contributed by atoms with van der Waals surface area (Å²) in [6, 6.07) is 10.0. The molecule has 0 aliphatic rings. The van der Waals surface area contributed by atoms with Crippen molar-refractivity contribution in [2.45, 2.75) is 25.7 Å². The summed E-state index contributed by atoms with van der Waals surface area (Å²) in [5.41, 5.74) is 1.19. The minimum Gasteiger partial charge on any atom is -0.281 e. The Morgan fingerprint density at radius 3 is 2.46 bits per heavy atom. The minimum atomic E-state index is -0.254. The van der Waals surface area contributed by atoms with E-state index in [0.29, 0.717) is 6.42 Å². The number of benzene rings is 1. The smallest absolute Gasteiger partial charge is 0.222 e. The fourth-order valence-electron chi connectivity index (χ4n) is 1.42. The van der Waals surface area contributed by atoms with Crippen LogP contribution in [0.5, 0.6) is 0 Å². The number of carbonyl (C=O) groups excluding carboxylic acids is 1.